The number of ketones is 1. The van der Waals surface area contributed by atoms with Gasteiger partial charge in [0.05, 0.1) is 7.11 Å². The molecule has 0 aromatic heterocycles. The van der Waals surface area contributed by atoms with Gasteiger partial charge in [-0.2, -0.15) is 0 Å². The Morgan fingerprint density at radius 2 is 1.76 bits per heavy atom. The number of carbonyl (C=O) groups excluding carboxylic acids is 1. The Balaban J connectivity index is 2.33. The second-order valence-corrected chi connectivity index (χ2v) is 6.81. The van der Waals surface area contributed by atoms with Crippen molar-refractivity contribution in [3.63, 3.8) is 0 Å². The molecule has 114 valence electrons. The minimum absolute atomic E-state index is 0.280. The lowest BCUT2D eigenvalue weighted by Gasteiger charge is -2.37. The Bertz CT molecular complexity index is 571. The van der Waals surface area contributed by atoms with Crippen molar-refractivity contribution in [2.24, 2.45) is 11.3 Å². The van der Waals surface area contributed by atoms with Crippen LogP contribution in [0.4, 0.5) is 0 Å². The second kappa shape index (κ2) is 5.67. The zero-order valence-corrected chi connectivity index (χ0v) is 14.0. The summed E-state index contributed by atoms with van der Waals surface area (Å²) in [6.45, 7) is 10.4. The van der Waals surface area contributed by atoms with Crippen LogP contribution in [0.25, 0.3) is 0 Å². The molecule has 2 rings (SSSR count). The van der Waals surface area contributed by atoms with Gasteiger partial charge >= 0.3 is 0 Å². The van der Waals surface area contributed by atoms with E-state index in [-0.39, 0.29) is 5.41 Å². The van der Waals surface area contributed by atoms with Crippen molar-refractivity contribution < 1.29 is 9.53 Å². The molecule has 0 amide bonds. The molecule has 1 aliphatic rings. The van der Waals surface area contributed by atoms with E-state index in [1.807, 2.05) is 6.92 Å². The van der Waals surface area contributed by atoms with E-state index >= 15 is 0 Å². The van der Waals surface area contributed by atoms with Crippen LogP contribution in [0.5, 0.6) is 5.75 Å². The zero-order valence-electron chi connectivity index (χ0n) is 14.0. The minimum atomic E-state index is -0.280. The molecule has 2 nitrogen and oxygen atoms in total. The molecule has 0 unspecified atom stereocenters. The molecule has 21 heavy (non-hydrogen) atoms. The van der Waals surface area contributed by atoms with Crippen LogP contribution in [0, 0.1) is 25.2 Å². The first-order valence-corrected chi connectivity index (χ1v) is 7.63. The molecule has 0 bridgehead atoms. The highest BCUT2D eigenvalue weighted by Gasteiger charge is 2.39. The third-order valence-electron chi connectivity index (χ3n) is 5.03. The van der Waals surface area contributed by atoms with E-state index in [9.17, 15) is 4.79 Å². The quantitative estimate of drug-likeness (QED) is 0.822. The summed E-state index contributed by atoms with van der Waals surface area (Å²) in [6, 6.07) is 4.17. The normalized spacial score (nSPS) is 21.1. The van der Waals surface area contributed by atoms with Crippen molar-refractivity contribution in [2.75, 3.05) is 7.11 Å². The predicted octanol–water partition coefficient (Wildman–Crippen LogP) is 4.42. The van der Waals surface area contributed by atoms with Gasteiger partial charge in [-0.05, 0) is 73.9 Å². The van der Waals surface area contributed by atoms with E-state index in [1.165, 1.54) is 16.7 Å². The highest BCUT2D eigenvalue weighted by atomic mass is 16.5. The van der Waals surface area contributed by atoms with Crippen molar-refractivity contribution in [3.8, 4) is 5.75 Å². The number of methoxy groups -OCH3 is 1. The Morgan fingerprint density at radius 1 is 1.19 bits per heavy atom. The molecule has 1 aromatic carbocycles. The topological polar surface area (TPSA) is 26.3 Å². The summed E-state index contributed by atoms with van der Waals surface area (Å²) in [5, 5.41) is 0. The van der Waals surface area contributed by atoms with Crippen LogP contribution in [0.1, 0.15) is 43.9 Å². The van der Waals surface area contributed by atoms with E-state index in [0.717, 1.165) is 24.2 Å². The molecule has 1 aliphatic carbocycles. The number of hydrogen-bond donors (Lipinski definition) is 0. The Kier molecular flexibility index (Phi) is 4.27. The number of benzene rings is 1. The van der Waals surface area contributed by atoms with Crippen LogP contribution in [-0.4, -0.2) is 12.9 Å². The number of allylic oxidation sites excluding steroid dienone is 2. The summed E-state index contributed by atoms with van der Waals surface area (Å²) in [5.41, 5.74) is 4.49. The van der Waals surface area contributed by atoms with Gasteiger partial charge in [-0.15, -0.1) is 0 Å². The number of rotatable bonds is 3. The molecule has 0 N–H and O–H groups in total. The summed E-state index contributed by atoms with van der Waals surface area (Å²) < 4.78 is 5.33. The molecule has 0 saturated heterocycles. The van der Waals surface area contributed by atoms with Crippen LogP contribution in [0.15, 0.2) is 23.8 Å². The third kappa shape index (κ3) is 2.90. The third-order valence-corrected chi connectivity index (χ3v) is 5.03. The summed E-state index contributed by atoms with van der Waals surface area (Å²) in [5.74, 6) is 1.56. The first-order valence-electron chi connectivity index (χ1n) is 7.63. The van der Waals surface area contributed by atoms with Crippen LogP contribution in [0.3, 0.4) is 0 Å². The van der Waals surface area contributed by atoms with E-state index in [4.69, 9.17) is 4.74 Å². The lowest BCUT2D eigenvalue weighted by Crippen LogP contribution is -2.37. The van der Waals surface area contributed by atoms with Gasteiger partial charge in [0, 0.05) is 5.41 Å². The van der Waals surface area contributed by atoms with Gasteiger partial charge < -0.3 is 4.74 Å². The first kappa shape index (κ1) is 15.8. The number of ether oxygens (including phenoxy) is 1. The minimum Gasteiger partial charge on any atom is -0.497 e. The molecule has 1 aromatic rings. The number of hydrogen-bond acceptors (Lipinski definition) is 2. The molecule has 0 spiro atoms. The molecule has 0 heterocycles. The van der Waals surface area contributed by atoms with Gasteiger partial charge in [0.15, 0.2) is 5.78 Å². The predicted molar refractivity (Wildman–Crippen MR) is 86.8 cm³/mol. The molecular formula is C19H26O2. The fraction of sp³-hybridized carbons (Fsp3) is 0.526. The van der Waals surface area contributed by atoms with Crippen LogP contribution in [0.2, 0.25) is 0 Å². The lowest BCUT2D eigenvalue weighted by molar-refractivity contribution is -0.126. The van der Waals surface area contributed by atoms with Crippen LogP contribution in [-0.2, 0) is 11.2 Å². The Labute approximate surface area is 128 Å². The van der Waals surface area contributed by atoms with Gasteiger partial charge in [0.2, 0.25) is 0 Å². The molecule has 0 fully saturated rings. The van der Waals surface area contributed by atoms with Crippen molar-refractivity contribution in [2.45, 2.75) is 47.5 Å². The fourth-order valence-electron chi connectivity index (χ4n) is 3.38. The second-order valence-electron chi connectivity index (χ2n) is 6.81. The average molecular weight is 286 g/mol. The molecule has 1 atom stereocenters. The van der Waals surface area contributed by atoms with Gasteiger partial charge in [-0.1, -0.05) is 19.9 Å². The molecule has 0 aliphatic heterocycles. The summed E-state index contributed by atoms with van der Waals surface area (Å²) in [6.07, 6.45) is 4.03. The lowest BCUT2D eigenvalue weighted by atomic mass is 9.66. The fourth-order valence-corrected chi connectivity index (χ4v) is 3.38. The maximum atomic E-state index is 12.4. The standard InChI is InChI=1S/C19H26O2/c1-12-7-8-15(19(4,5)18(12)20)11-17-13(2)9-16(21-6)10-14(17)3/h7,9-10,15H,8,11H2,1-6H3/t15-/m0/s1. The number of carbonyl (C=O) groups is 1. The average Bonchev–Trinajstić information content (AvgIpc) is 2.42. The molecule has 0 radical (unpaired) electrons. The summed E-state index contributed by atoms with van der Waals surface area (Å²) in [7, 11) is 1.70. The molecular weight excluding hydrogens is 260 g/mol. The first-order chi connectivity index (χ1) is 9.77. The highest BCUT2D eigenvalue weighted by molar-refractivity contribution is 5.99. The van der Waals surface area contributed by atoms with E-state index in [0.29, 0.717) is 11.7 Å². The smallest absolute Gasteiger partial charge is 0.164 e. The van der Waals surface area contributed by atoms with E-state index in [1.54, 1.807) is 7.11 Å². The zero-order chi connectivity index (χ0) is 15.8. The van der Waals surface area contributed by atoms with Crippen LogP contribution >= 0.6 is 0 Å². The van der Waals surface area contributed by atoms with Gasteiger partial charge in [0.25, 0.3) is 0 Å². The number of aryl methyl sites for hydroxylation is 2. The van der Waals surface area contributed by atoms with Crippen LogP contribution < -0.4 is 4.74 Å². The van der Waals surface area contributed by atoms with Gasteiger partial charge in [0.1, 0.15) is 5.75 Å². The summed E-state index contributed by atoms with van der Waals surface area (Å²) in [4.78, 5) is 12.4. The van der Waals surface area contributed by atoms with E-state index < -0.39 is 0 Å². The maximum absolute atomic E-state index is 12.4. The number of Topliss-reactive ketones (excluding diaryl/α,β-unsaturated/α-hetero) is 1. The van der Waals surface area contributed by atoms with Gasteiger partial charge in [-0.25, -0.2) is 0 Å². The summed E-state index contributed by atoms with van der Waals surface area (Å²) >= 11 is 0. The SMILES string of the molecule is COc1cc(C)c(C[C@@H]2CC=C(C)C(=O)C2(C)C)c(C)c1. The van der Waals surface area contributed by atoms with Crippen molar-refractivity contribution in [1.82, 2.24) is 0 Å². The molecule has 2 heteroatoms. The van der Waals surface area contributed by atoms with Crippen molar-refractivity contribution in [1.29, 1.82) is 0 Å². The maximum Gasteiger partial charge on any atom is 0.164 e. The highest BCUT2D eigenvalue weighted by Crippen LogP contribution is 2.40. The Hall–Kier alpha value is -1.57. The molecule has 0 saturated carbocycles. The van der Waals surface area contributed by atoms with Crippen molar-refractivity contribution >= 4 is 5.78 Å². The Morgan fingerprint density at radius 3 is 2.29 bits per heavy atom. The largest absolute Gasteiger partial charge is 0.497 e. The van der Waals surface area contributed by atoms with Gasteiger partial charge in [-0.3, -0.25) is 4.79 Å². The van der Waals surface area contributed by atoms with Crippen molar-refractivity contribution in [3.05, 3.63) is 40.5 Å². The monoisotopic (exact) mass is 286 g/mol. The van der Waals surface area contributed by atoms with E-state index in [2.05, 4.69) is 45.9 Å².